The summed E-state index contributed by atoms with van der Waals surface area (Å²) in [5, 5.41) is 13.3. The van der Waals surface area contributed by atoms with Gasteiger partial charge in [-0.05, 0) is 19.8 Å². The van der Waals surface area contributed by atoms with Crippen LogP contribution in [0.5, 0.6) is 0 Å². The Balaban J connectivity index is 1.67. The molecule has 30 heavy (non-hydrogen) atoms. The van der Waals surface area contributed by atoms with E-state index in [4.69, 9.17) is 4.98 Å². The molecule has 154 valence electrons. The number of nitrogens with zero attached hydrogens (tertiary/aromatic N) is 6. The van der Waals surface area contributed by atoms with Gasteiger partial charge in [0.15, 0.2) is 5.82 Å². The van der Waals surface area contributed by atoms with Crippen molar-refractivity contribution >= 4 is 28.8 Å². The number of aryl methyl sites for hydroxylation is 1. The molecule has 0 aliphatic heterocycles. The number of amides is 1. The minimum Gasteiger partial charge on any atom is -0.354 e. The Labute approximate surface area is 173 Å². The number of carbonyl (C=O) groups is 1. The molecule has 1 aliphatic carbocycles. The third-order valence-electron chi connectivity index (χ3n) is 4.76. The lowest BCUT2D eigenvalue weighted by Gasteiger charge is -2.15. The van der Waals surface area contributed by atoms with E-state index >= 15 is 0 Å². The monoisotopic (exact) mass is 405 g/mol. The second kappa shape index (κ2) is 8.27. The number of carbonyl (C=O) groups excluding carboxylic acids is 1. The lowest BCUT2D eigenvalue weighted by molar-refractivity contribution is 0.0953. The van der Waals surface area contributed by atoms with Gasteiger partial charge in [-0.2, -0.15) is 5.10 Å². The number of rotatable bonds is 8. The van der Waals surface area contributed by atoms with Crippen LogP contribution < -0.4 is 16.0 Å². The Kier molecular flexibility index (Phi) is 5.38. The Morgan fingerprint density at radius 1 is 1.23 bits per heavy atom. The van der Waals surface area contributed by atoms with E-state index in [0.717, 1.165) is 18.5 Å². The van der Waals surface area contributed by atoms with Gasteiger partial charge >= 0.3 is 0 Å². The average molecular weight is 405 g/mol. The third-order valence-corrected chi connectivity index (χ3v) is 4.76. The van der Waals surface area contributed by atoms with E-state index in [1.165, 1.54) is 6.33 Å². The summed E-state index contributed by atoms with van der Waals surface area (Å²) in [6.45, 7) is 6.64. The summed E-state index contributed by atoms with van der Waals surface area (Å²) in [5.74, 6) is 0.723. The van der Waals surface area contributed by atoms with Crippen LogP contribution in [0.4, 0.5) is 17.2 Å². The maximum Gasteiger partial charge on any atom is 0.271 e. The van der Waals surface area contributed by atoms with E-state index in [9.17, 15) is 4.79 Å². The molecular weight excluding hydrogens is 382 g/mol. The fraction of sp³-hybridized carbons (Fsp3) is 0.300. The number of aromatic nitrogens is 6. The Morgan fingerprint density at radius 3 is 2.67 bits per heavy atom. The van der Waals surface area contributed by atoms with E-state index in [0.29, 0.717) is 46.7 Å². The predicted molar refractivity (Wildman–Crippen MR) is 113 cm³/mol. The molecule has 10 heteroatoms. The molecule has 0 saturated heterocycles. The predicted octanol–water partition coefficient (Wildman–Crippen LogP) is 2.55. The lowest BCUT2D eigenvalue weighted by atomic mass is 10.2. The van der Waals surface area contributed by atoms with Crippen LogP contribution in [0.1, 0.15) is 47.6 Å². The molecule has 0 aromatic carbocycles. The summed E-state index contributed by atoms with van der Waals surface area (Å²) in [5.41, 5.74) is 3.66. The van der Waals surface area contributed by atoms with Crippen LogP contribution >= 0.6 is 0 Å². The van der Waals surface area contributed by atoms with Crippen LogP contribution in [0.25, 0.3) is 5.70 Å². The van der Waals surface area contributed by atoms with Gasteiger partial charge in [-0.15, -0.1) is 0 Å². The number of nitrogens with one attached hydrogen (secondary N) is 3. The maximum atomic E-state index is 12.4. The van der Waals surface area contributed by atoms with Gasteiger partial charge in [0.1, 0.15) is 17.7 Å². The largest absolute Gasteiger partial charge is 0.354 e. The minimum atomic E-state index is -0.234. The van der Waals surface area contributed by atoms with Crippen LogP contribution in [0.15, 0.2) is 37.7 Å². The van der Waals surface area contributed by atoms with E-state index < -0.39 is 0 Å². The van der Waals surface area contributed by atoms with Crippen molar-refractivity contribution in [2.75, 3.05) is 17.7 Å². The highest BCUT2D eigenvalue weighted by atomic mass is 16.2. The zero-order valence-corrected chi connectivity index (χ0v) is 16.9. The summed E-state index contributed by atoms with van der Waals surface area (Å²) in [6.07, 6.45) is 10.4. The first-order valence-electron chi connectivity index (χ1n) is 9.73. The SMILES string of the molecule is C=C(Nc1cnn(CC)c1C(=O)NC)c1nc(C2CC2)cnc1Nc1cncnc1. The van der Waals surface area contributed by atoms with Gasteiger partial charge in [0.05, 0.1) is 47.6 Å². The molecule has 4 rings (SSSR count). The van der Waals surface area contributed by atoms with E-state index in [1.807, 2.05) is 6.92 Å². The average Bonchev–Trinajstić information content (AvgIpc) is 3.55. The highest BCUT2D eigenvalue weighted by molar-refractivity contribution is 5.99. The zero-order chi connectivity index (χ0) is 21.1. The summed E-state index contributed by atoms with van der Waals surface area (Å²) >= 11 is 0. The number of hydrogen-bond acceptors (Lipinski definition) is 8. The molecule has 3 N–H and O–H groups in total. The first-order valence-corrected chi connectivity index (χ1v) is 9.73. The first kappa shape index (κ1) is 19.5. The summed E-state index contributed by atoms with van der Waals surface area (Å²) in [4.78, 5) is 29.7. The van der Waals surface area contributed by atoms with E-state index in [2.05, 4.69) is 42.6 Å². The molecule has 0 spiro atoms. The Morgan fingerprint density at radius 2 is 2.00 bits per heavy atom. The molecule has 0 bridgehead atoms. The quantitative estimate of drug-likeness (QED) is 0.523. The van der Waals surface area contributed by atoms with Gasteiger partial charge in [0.2, 0.25) is 0 Å². The van der Waals surface area contributed by atoms with Crippen molar-refractivity contribution in [3.8, 4) is 0 Å². The minimum absolute atomic E-state index is 0.234. The van der Waals surface area contributed by atoms with Crippen molar-refractivity contribution in [3.05, 3.63) is 54.8 Å². The molecule has 1 fully saturated rings. The molecule has 3 heterocycles. The van der Waals surface area contributed by atoms with Crippen molar-refractivity contribution in [1.82, 2.24) is 35.0 Å². The molecule has 0 unspecified atom stereocenters. The highest BCUT2D eigenvalue weighted by Gasteiger charge is 2.27. The van der Waals surface area contributed by atoms with E-state index in [1.54, 1.807) is 36.5 Å². The zero-order valence-electron chi connectivity index (χ0n) is 16.9. The summed E-state index contributed by atoms with van der Waals surface area (Å²) in [6, 6.07) is 0. The van der Waals surface area contributed by atoms with Crippen molar-refractivity contribution in [2.45, 2.75) is 32.2 Å². The van der Waals surface area contributed by atoms with Gasteiger partial charge in [-0.3, -0.25) is 9.48 Å². The summed E-state index contributed by atoms with van der Waals surface area (Å²) in [7, 11) is 1.59. The number of anilines is 3. The van der Waals surface area contributed by atoms with Gasteiger partial charge in [0.25, 0.3) is 5.91 Å². The Hall–Kier alpha value is -3.82. The van der Waals surface area contributed by atoms with Crippen molar-refractivity contribution < 1.29 is 4.79 Å². The van der Waals surface area contributed by atoms with Gasteiger partial charge in [-0.25, -0.2) is 19.9 Å². The lowest BCUT2D eigenvalue weighted by Crippen LogP contribution is -2.23. The van der Waals surface area contributed by atoms with Gasteiger partial charge < -0.3 is 16.0 Å². The molecule has 10 nitrogen and oxygen atoms in total. The topological polar surface area (TPSA) is 123 Å². The Bertz CT molecular complexity index is 1070. The van der Waals surface area contributed by atoms with Gasteiger partial charge in [0, 0.05) is 19.5 Å². The molecule has 3 aromatic heterocycles. The molecule has 1 aliphatic rings. The van der Waals surface area contributed by atoms with E-state index in [-0.39, 0.29) is 5.91 Å². The third kappa shape index (κ3) is 3.97. The fourth-order valence-electron chi connectivity index (χ4n) is 3.08. The molecule has 0 atom stereocenters. The van der Waals surface area contributed by atoms with Crippen molar-refractivity contribution in [3.63, 3.8) is 0 Å². The molecule has 1 amide bonds. The first-order chi connectivity index (χ1) is 14.6. The van der Waals surface area contributed by atoms with Crippen molar-refractivity contribution in [2.24, 2.45) is 0 Å². The van der Waals surface area contributed by atoms with Crippen molar-refractivity contribution in [1.29, 1.82) is 0 Å². The summed E-state index contributed by atoms with van der Waals surface area (Å²) < 4.78 is 1.63. The second-order valence-electron chi connectivity index (χ2n) is 6.92. The van der Waals surface area contributed by atoms with Crippen LogP contribution in [-0.4, -0.2) is 42.7 Å². The fourth-order valence-corrected chi connectivity index (χ4v) is 3.08. The smallest absolute Gasteiger partial charge is 0.271 e. The van der Waals surface area contributed by atoms with Crippen LogP contribution in [0.2, 0.25) is 0 Å². The normalized spacial score (nSPS) is 13.0. The van der Waals surface area contributed by atoms with Crippen LogP contribution in [-0.2, 0) is 6.54 Å². The maximum absolute atomic E-state index is 12.4. The highest BCUT2D eigenvalue weighted by Crippen LogP contribution is 2.39. The van der Waals surface area contributed by atoms with Crippen LogP contribution in [0.3, 0.4) is 0 Å². The molecule has 0 radical (unpaired) electrons. The number of hydrogen-bond donors (Lipinski definition) is 3. The second-order valence-corrected chi connectivity index (χ2v) is 6.92. The molecule has 3 aromatic rings. The van der Waals surface area contributed by atoms with Gasteiger partial charge in [-0.1, -0.05) is 6.58 Å². The molecular formula is C20H23N9O. The molecule has 1 saturated carbocycles. The van der Waals surface area contributed by atoms with Crippen LogP contribution in [0, 0.1) is 0 Å². The standard InChI is InChI=1S/C20H23N9O/c1-4-29-18(20(30)21-3)16(10-25-29)26-12(2)17-19(27-14-7-22-11-23-8-14)24-9-15(28-17)13-5-6-13/h7-11,13,26H,2,4-6H2,1,3H3,(H,21,30)(H,24,27).